The molecule has 0 spiro atoms. The van der Waals surface area contributed by atoms with Crippen molar-refractivity contribution >= 4 is 27.7 Å². The first-order valence-corrected chi connectivity index (χ1v) is 6.10. The number of thioether (sulfide) groups is 1. The lowest BCUT2D eigenvalue weighted by atomic mass is 10.0. The van der Waals surface area contributed by atoms with Crippen LogP contribution in [0.4, 0.5) is 0 Å². The van der Waals surface area contributed by atoms with Crippen LogP contribution in [0.15, 0.2) is 9.13 Å². The van der Waals surface area contributed by atoms with Crippen molar-refractivity contribution in [3.63, 3.8) is 0 Å². The third kappa shape index (κ3) is 1.78. The van der Waals surface area contributed by atoms with Gasteiger partial charge < -0.3 is 9.63 Å². The van der Waals surface area contributed by atoms with Gasteiger partial charge in [0.05, 0.1) is 12.2 Å². The normalized spacial score (nSPS) is 22.5. The van der Waals surface area contributed by atoms with Crippen molar-refractivity contribution in [2.75, 3.05) is 11.5 Å². The van der Waals surface area contributed by atoms with Crippen LogP contribution in [0.25, 0.3) is 0 Å². The highest BCUT2D eigenvalue weighted by atomic mass is 79.9. The van der Waals surface area contributed by atoms with E-state index in [4.69, 9.17) is 9.63 Å². The first-order valence-electron chi connectivity index (χ1n) is 4.15. The number of hydrogen-bond acceptors (Lipinski definition) is 4. The molecule has 1 fully saturated rings. The number of nitrogens with zero attached hydrogens (tertiary/aromatic N) is 1. The zero-order chi connectivity index (χ0) is 9.26. The van der Waals surface area contributed by atoms with Crippen LogP contribution in [-0.4, -0.2) is 21.8 Å². The number of aliphatic hydroxyl groups excluding tert-OH is 1. The maximum absolute atomic E-state index is 9.11. The van der Waals surface area contributed by atoms with E-state index in [9.17, 15) is 0 Å². The van der Waals surface area contributed by atoms with E-state index in [-0.39, 0.29) is 6.61 Å². The monoisotopic (exact) mass is 263 g/mol. The van der Waals surface area contributed by atoms with Crippen molar-refractivity contribution in [2.45, 2.75) is 18.9 Å². The minimum absolute atomic E-state index is 0.000579. The molecule has 3 nitrogen and oxygen atoms in total. The highest BCUT2D eigenvalue weighted by Gasteiger charge is 2.25. The fraction of sp³-hybridized carbons (Fsp3) is 0.625. The molecule has 1 aliphatic heterocycles. The van der Waals surface area contributed by atoms with Gasteiger partial charge in [0.1, 0.15) is 5.76 Å². The summed E-state index contributed by atoms with van der Waals surface area (Å²) in [6.07, 6.45) is 1.12. The number of aliphatic hydroxyl groups is 1. The minimum atomic E-state index is 0.000579. The van der Waals surface area contributed by atoms with Crippen molar-refractivity contribution in [2.24, 2.45) is 0 Å². The van der Waals surface area contributed by atoms with E-state index in [0.717, 1.165) is 23.5 Å². The van der Waals surface area contributed by atoms with Crippen LogP contribution in [0, 0.1) is 0 Å². The maximum atomic E-state index is 9.11. The third-order valence-electron chi connectivity index (χ3n) is 2.23. The molecular formula is C8H10BrNO2S. The van der Waals surface area contributed by atoms with Gasteiger partial charge in [0.25, 0.3) is 0 Å². The summed E-state index contributed by atoms with van der Waals surface area (Å²) in [5, 5.41) is 12.9. The van der Waals surface area contributed by atoms with Crippen molar-refractivity contribution in [3.8, 4) is 0 Å². The molecule has 13 heavy (non-hydrogen) atoms. The molecule has 0 aliphatic carbocycles. The Hall–Kier alpha value is -0.000000000000000111. The Labute approximate surface area is 89.0 Å². The maximum Gasteiger partial charge on any atom is 0.155 e. The molecule has 5 heteroatoms. The second kappa shape index (κ2) is 4.02. The van der Waals surface area contributed by atoms with E-state index in [0.29, 0.717) is 10.5 Å². The van der Waals surface area contributed by atoms with Gasteiger partial charge in [-0.25, -0.2) is 0 Å². The summed E-state index contributed by atoms with van der Waals surface area (Å²) in [5.74, 6) is 3.55. The Morgan fingerprint density at radius 1 is 1.69 bits per heavy atom. The molecule has 0 amide bonds. The largest absolute Gasteiger partial charge is 0.391 e. The predicted molar refractivity (Wildman–Crippen MR) is 54.8 cm³/mol. The van der Waals surface area contributed by atoms with Gasteiger partial charge in [-0.05, 0) is 28.1 Å². The minimum Gasteiger partial charge on any atom is -0.391 e. The summed E-state index contributed by atoms with van der Waals surface area (Å²) in [6.45, 7) is 0.000579. The lowest BCUT2D eigenvalue weighted by Crippen LogP contribution is -1.98. The van der Waals surface area contributed by atoms with E-state index in [1.807, 2.05) is 11.8 Å². The second-order valence-corrected chi connectivity index (χ2v) is 4.94. The molecule has 0 bridgehead atoms. The van der Waals surface area contributed by atoms with Crippen LogP contribution in [-0.2, 0) is 6.61 Å². The fourth-order valence-corrected chi connectivity index (χ4v) is 3.12. The van der Waals surface area contributed by atoms with Crippen LogP contribution in [0.5, 0.6) is 0 Å². The van der Waals surface area contributed by atoms with Crippen molar-refractivity contribution in [1.82, 2.24) is 5.16 Å². The SMILES string of the molecule is OCc1c(Br)noc1C1CCSC1. The van der Waals surface area contributed by atoms with Gasteiger partial charge in [-0.1, -0.05) is 5.16 Å². The predicted octanol–water partition coefficient (Wildman–Crippen LogP) is 2.15. The van der Waals surface area contributed by atoms with Gasteiger partial charge in [-0.15, -0.1) is 0 Å². The van der Waals surface area contributed by atoms with Crippen LogP contribution < -0.4 is 0 Å². The zero-order valence-corrected chi connectivity index (χ0v) is 9.40. The van der Waals surface area contributed by atoms with E-state index in [2.05, 4.69) is 21.1 Å². The molecule has 1 saturated heterocycles. The lowest BCUT2D eigenvalue weighted by Gasteiger charge is -2.04. The molecule has 0 radical (unpaired) electrons. The third-order valence-corrected chi connectivity index (χ3v) is 4.02. The van der Waals surface area contributed by atoms with Gasteiger partial charge in [0.2, 0.25) is 0 Å². The quantitative estimate of drug-likeness (QED) is 0.889. The number of halogens is 1. The molecule has 1 aromatic heterocycles. The van der Waals surface area contributed by atoms with Crippen LogP contribution in [0.3, 0.4) is 0 Å². The topological polar surface area (TPSA) is 46.3 Å². The Morgan fingerprint density at radius 2 is 2.54 bits per heavy atom. The van der Waals surface area contributed by atoms with Crippen molar-refractivity contribution in [3.05, 3.63) is 15.9 Å². The van der Waals surface area contributed by atoms with Crippen LogP contribution in [0.1, 0.15) is 23.7 Å². The van der Waals surface area contributed by atoms with Crippen molar-refractivity contribution < 1.29 is 9.63 Å². The molecule has 2 rings (SSSR count). The average Bonchev–Trinajstić information content (AvgIpc) is 2.71. The highest BCUT2D eigenvalue weighted by molar-refractivity contribution is 9.10. The number of hydrogen-bond donors (Lipinski definition) is 1. The Balaban J connectivity index is 2.27. The molecule has 1 unspecified atom stereocenters. The zero-order valence-electron chi connectivity index (χ0n) is 6.99. The van der Waals surface area contributed by atoms with Gasteiger partial charge in [-0.3, -0.25) is 0 Å². The summed E-state index contributed by atoms with van der Waals surface area (Å²) in [5.41, 5.74) is 0.813. The molecule has 1 aliphatic rings. The summed E-state index contributed by atoms with van der Waals surface area (Å²) in [6, 6.07) is 0. The van der Waals surface area contributed by atoms with Crippen LogP contribution in [0.2, 0.25) is 0 Å². The van der Waals surface area contributed by atoms with Gasteiger partial charge in [0.15, 0.2) is 4.60 Å². The number of aromatic nitrogens is 1. The summed E-state index contributed by atoms with van der Waals surface area (Å²) >= 11 is 5.17. The molecule has 1 atom stereocenters. The Morgan fingerprint density at radius 3 is 3.15 bits per heavy atom. The average molecular weight is 264 g/mol. The van der Waals surface area contributed by atoms with Crippen molar-refractivity contribution in [1.29, 1.82) is 0 Å². The fourth-order valence-electron chi connectivity index (χ4n) is 1.51. The lowest BCUT2D eigenvalue weighted by molar-refractivity contribution is 0.275. The molecule has 1 N–H and O–H groups in total. The van der Waals surface area contributed by atoms with E-state index in [1.54, 1.807) is 0 Å². The number of rotatable bonds is 2. The van der Waals surface area contributed by atoms with E-state index in [1.165, 1.54) is 5.75 Å². The van der Waals surface area contributed by atoms with Crippen LogP contribution >= 0.6 is 27.7 Å². The molecular weight excluding hydrogens is 254 g/mol. The Kier molecular flexibility index (Phi) is 2.96. The van der Waals surface area contributed by atoms with E-state index < -0.39 is 0 Å². The summed E-state index contributed by atoms with van der Waals surface area (Å²) < 4.78 is 5.84. The molecule has 0 saturated carbocycles. The standard InChI is InChI=1S/C8H10BrNO2S/c9-8-6(3-11)7(12-10-8)5-1-2-13-4-5/h5,11H,1-4H2. The van der Waals surface area contributed by atoms with Gasteiger partial charge >= 0.3 is 0 Å². The first-order chi connectivity index (χ1) is 6.33. The first kappa shape index (κ1) is 9.55. The smallest absolute Gasteiger partial charge is 0.155 e. The summed E-state index contributed by atoms with van der Waals surface area (Å²) in [7, 11) is 0. The Bertz CT molecular complexity index is 296. The second-order valence-electron chi connectivity index (χ2n) is 3.03. The van der Waals surface area contributed by atoms with E-state index >= 15 is 0 Å². The molecule has 72 valence electrons. The highest BCUT2D eigenvalue weighted by Crippen LogP contribution is 2.36. The molecule has 0 aromatic carbocycles. The van der Waals surface area contributed by atoms with Gasteiger partial charge in [0, 0.05) is 11.7 Å². The molecule has 2 heterocycles. The van der Waals surface area contributed by atoms with Gasteiger partial charge in [-0.2, -0.15) is 11.8 Å². The summed E-state index contributed by atoms with van der Waals surface area (Å²) in [4.78, 5) is 0. The molecule has 1 aromatic rings.